The van der Waals surface area contributed by atoms with Crippen molar-refractivity contribution in [1.82, 2.24) is 19.6 Å². The van der Waals surface area contributed by atoms with Gasteiger partial charge in [-0.25, -0.2) is 14.5 Å². The van der Waals surface area contributed by atoms with Gasteiger partial charge < -0.3 is 4.42 Å². The van der Waals surface area contributed by atoms with Gasteiger partial charge in [0.25, 0.3) is 0 Å². The number of fused-ring (bicyclic) bond motifs is 3. The molecule has 0 saturated carbocycles. The maximum absolute atomic E-state index is 5.07. The highest BCUT2D eigenvalue weighted by atomic mass is 28.1. The highest BCUT2D eigenvalue weighted by Crippen LogP contribution is 2.20. The molecule has 19 heavy (non-hydrogen) atoms. The molecule has 3 heterocycles. The average Bonchev–Trinajstić information content (AvgIpc) is 3.08. The maximum Gasteiger partial charge on any atom is 0.185 e. The molecule has 0 atom stereocenters. The van der Waals surface area contributed by atoms with Crippen molar-refractivity contribution in [2.75, 3.05) is 0 Å². The molecule has 4 rings (SSSR count). The van der Waals surface area contributed by atoms with Crippen LogP contribution in [0.2, 0.25) is 0 Å². The van der Waals surface area contributed by atoms with Crippen LogP contribution in [0.3, 0.4) is 0 Å². The van der Waals surface area contributed by atoms with Gasteiger partial charge in [-0.1, -0.05) is 12.1 Å². The van der Waals surface area contributed by atoms with Crippen LogP contribution in [0.15, 0.2) is 47.3 Å². The number of para-hydroxylation sites is 1. The van der Waals surface area contributed by atoms with Gasteiger partial charge in [-0.15, -0.1) is 5.10 Å². The molecule has 0 aliphatic heterocycles. The van der Waals surface area contributed by atoms with E-state index in [4.69, 9.17) is 4.42 Å². The summed E-state index contributed by atoms with van der Waals surface area (Å²) in [6.07, 6.45) is 3.23. The third-order valence-electron chi connectivity index (χ3n) is 2.96. The standard InChI is InChI=1S/C13H7N4OSi/c19-13-14-10-4-2-1-3-9(10)12-15-11(16-17(12)13)8-5-6-18-7-8/h1-7H. The summed E-state index contributed by atoms with van der Waals surface area (Å²) in [4.78, 5) is 9.01. The van der Waals surface area contributed by atoms with E-state index in [1.165, 1.54) is 0 Å². The van der Waals surface area contributed by atoms with Crippen molar-refractivity contribution in [3.05, 3.63) is 42.9 Å². The van der Waals surface area contributed by atoms with Gasteiger partial charge in [0.2, 0.25) is 0 Å². The molecule has 0 amide bonds. The minimum absolute atomic E-state index is 0.617. The first-order valence-corrected chi connectivity index (χ1v) is 6.22. The average molecular weight is 263 g/mol. The third kappa shape index (κ3) is 1.50. The van der Waals surface area contributed by atoms with E-state index in [0.717, 1.165) is 22.1 Å². The van der Waals surface area contributed by atoms with Crippen molar-refractivity contribution < 1.29 is 4.42 Å². The quantitative estimate of drug-likeness (QED) is 0.486. The summed E-state index contributed by atoms with van der Waals surface area (Å²) in [7, 11) is 3.48. The topological polar surface area (TPSA) is 56.2 Å². The van der Waals surface area contributed by atoms with E-state index >= 15 is 0 Å². The molecule has 0 fully saturated rings. The molecule has 1 aromatic carbocycles. The zero-order chi connectivity index (χ0) is 12.8. The van der Waals surface area contributed by atoms with Crippen LogP contribution in [-0.2, 0) is 0 Å². The summed E-state index contributed by atoms with van der Waals surface area (Å²) in [6, 6.07) is 9.68. The Hall–Kier alpha value is -2.47. The number of nitrogens with zero attached hydrogens (tertiary/aromatic N) is 4. The molecule has 0 N–H and O–H groups in total. The van der Waals surface area contributed by atoms with E-state index in [0.29, 0.717) is 11.3 Å². The molecule has 4 aromatic rings. The van der Waals surface area contributed by atoms with Crippen LogP contribution < -0.4 is 5.45 Å². The number of hydrogen-bond acceptors (Lipinski definition) is 4. The largest absolute Gasteiger partial charge is 0.472 e. The Labute approximate surface area is 111 Å². The minimum Gasteiger partial charge on any atom is -0.472 e. The molecule has 0 saturated heterocycles. The van der Waals surface area contributed by atoms with E-state index < -0.39 is 0 Å². The lowest BCUT2D eigenvalue weighted by atomic mass is 10.2. The van der Waals surface area contributed by atoms with Crippen LogP contribution in [-0.4, -0.2) is 29.8 Å². The first-order valence-electron chi connectivity index (χ1n) is 5.72. The smallest absolute Gasteiger partial charge is 0.185 e. The zero-order valence-corrected chi connectivity index (χ0v) is 10.7. The minimum atomic E-state index is 0.617. The molecule has 3 aromatic heterocycles. The van der Waals surface area contributed by atoms with Crippen LogP contribution in [0.5, 0.6) is 0 Å². The van der Waals surface area contributed by atoms with Crippen LogP contribution in [0, 0.1) is 0 Å². The van der Waals surface area contributed by atoms with Gasteiger partial charge in [0.1, 0.15) is 22.0 Å². The summed E-state index contributed by atoms with van der Waals surface area (Å²) in [5.41, 5.74) is 3.12. The number of hydrogen-bond donors (Lipinski definition) is 0. The molecule has 0 bridgehead atoms. The van der Waals surface area contributed by atoms with Gasteiger partial charge in [0.15, 0.2) is 11.5 Å². The van der Waals surface area contributed by atoms with Crippen molar-refractivity contribution in [3.8, 4) is 11.4 Å². The zero-order valence-electron chi connectivity index (χ0n) is 9.74. The second-order valence-corrected chi connectivity index (χ2v) is 4.58. The van der Waals surface area contributed by atoms with E-state index in [1.807, 2.05) is 30.3 Å². The van der Waals surface area contributed by atoms with E-state index in [2.05, 4.69) is 25.3 Å². The Balaban J connectivity index is 2.12. The Morgan fingerprint density at radius 3 is 2.84 bits per heavy atom. The van der Waals surface area contributed by atoms with Gasteiger partial charge in [0.05, 0.1) is 17.3 Å². The third-order valence-corrected chi connectivity index (χ3v) is 3.28. The van der Waals surface area contributed by atoms with Crippen LogP contribution >= 0.6 is 0 Å². The highest BCUT2D eigenvalue weighted by molar-refractivity contribution is 6.30. The number of rotatable bonds is 1. The van der Waals surface area contributed by atoms with Gasteiger partial charge in [-0.05, 0) is 18.2 Å². The summed E-state index contributed by atoms with van der Waals surface area (Å²) in [5, 5.41) is 5.40. The first kappa shape index (κ1) is 10.4. The SMILES string of the molecule is [Si]c1nc2ccccc2c2nc(-c3ccoc3)nn12. The van der Waals surface area contributed by atoms with E-state index in [1.54, 1.807) is 17.0 Å². The van der Waals surface area contributed by atoms with Crippen molar-refractivity contribution in [3.63, 3.8) is 0 Å². The Morgan fingerprint density at radius 1 is 1.11 bits per heavy atom. The molecular weight excluding hydrogens is 256 g/mol. The normalized spacial score (nSPS) is 11.4. The molecule has 3 radical (unpaired) electrons. The number of aromatic nitrogens is 4. The van der Waals surface area contributed by atoms with Crippen molar-refractivity contribution >= 4 is 32.2 Å². The predicted octanol–water partition coefficient (Wildman–Crippen LogP) is 1.33. The predicted molar refractivity (Wildman–Crippen MR) is 71.4 cm³/mol. The Bertz CT molecular complexity index is 882. The highest BCUT2D eigenvalue weighted by Gasteiger charge is 2.12. The molecule has 89 valence electrons. The maximum atomic E-state index is 5.07. The lowest BCUT2D eigenvalue weighted by Crippen LogP contribution is -2.19. The molecule has 6 heteroatoms. The number of furan rings is 1. The first-order chi connectivity index (χ1) is 9.33. The Kier molecular flexibility index (Phi) is 2.07. The Morgan fingerprint density at radius 2 is 2.00 bits per heavy atom. The molecule has 5 nitrogen and oxygen atoms in total. The van der Waals surface area contributed by atoms with Crippen LogP contribution in [0.25, 0.3) is 27.9 Å². The molecule has 0 aliphatic rings. The lowest BCUT2D eigenvalue weighted by molar-refractivity contribution is 0.568. The lowest BCUT2D eigenvalue weighted by Gasteiger charge is -2.01. The van der Waals surface area contributed by atoms with Gasteiger partial charge in [0, 0.05) is 5.39 Å². The summed E-state index contributed by atoms with van der Waals surface area (Å²) in [6.45, 7) is 0. The second kappa shape index (κ2) is 3.76. The molecule has 0 aliphatic carbocycles. The van der Waals surface area contributed by atoms with Gasteiger partial charge in [-0.3, -0.25) is 0 Å². The van der Waals surface area contributed by atoms with Crippen LogP contribution in [0.1, 0.15) is 0 Å². The number of benzene rings is 1. The fraction of sp³-hybridized carbons (Fsp3) is 0. The summed E-state index contributed by atoms with van der Waals surface area (Å²) in [5.74, 6) is 0.617. The molecular formula is C13H7N4OSi. The molecule has 0 unspecified atom stereocenters. The fourth-order valence-corrected chi connectivity index (χ4v) is 2.35. The fourth-order valence-electron chi connectivity index (χ4n) is 2.07. The van der Waals surface area contributed by atoms with Crippen molar-refractivity contribution in [1.29, 1.82) is 0 Å². The molecule has 0 spiro atoms. The van der Waals surface area contributed by atoms with Crippen LogP contribution in [0.4, 0.5) is 0 Å². The summed E-state index contributed by atoms with van der Waals surface area (Å²) < 4.78 is 6.75. The van der Waals surface area contributed by atoms with E-state index in [9.17, 15) is 0 Å². The van der Waals surface area contributed by atoms with Crippen molar-refractivity contribution in [2.24, 2.45) is 0 Å². The second-order valence-electron chi connectivity index (χ2n) is 4.14. The van der Waals surface area contributed by atoms with E-state index in [-0.39, 0.29) is 0 Å². The van der Waals surface area contributed by atoms with Gasteiger partial charge in [-0.2, -0.15) is 0 Å². The van der Waals surface area contributed by atoms with Gasteiger partial charge >= 0.3 is 0 Å². The summed E-state index contributed by atoms with van der Waals surface area (Å²) >= 11 is 0. The monoisotopic (exact) mass is 263 g/mol. The van der Waals surface area contributed by atoms with Crippen molar-refractivity contribution in [2.45, 2.75) is 0 Å².